The predicted molar refractivity (Wildman–Crippen MR) is 157 cm³/mol. The van der Waals surface area contributed by atoms with Gasteiger partial charge in [0.2, 0.25) is 0 Å². The highest BCUT2D eigenvalue weighted by molar-refractivity contribution is 9.10. The van der Waals surface area contributed by atoms with Gasteiger partial charge in [0, 0.05) is 5.02 Å². The Morgan fingerprint density at radius 1 is 0.921 bits per heavy atom. The van der Waals surface area contributed by atoms with E-state index in [0.29, 0.717) is 39.1 Å². The maximum atomic E-state index is 13.2. The molecule has 0 saturated carbocycles. The van der Waals surface area contributed by atoms with Crippen molar-refractivity contribution in [2.45, 2.75) is 20.1 Å². The number of amides is 2. The van der Waals surface area contributed by atoms with Gasteiger partial charge in [-0.3, -0.25) is 14.5 Å². The van der Waals surface area contributed by atoms with Gasteiger partial charge in [-0.25, -0.2) is 0 Å². The number of carbonyl (C=O) groups is 2. The summed E-state index contributed by atoms with van der Waals surface area (Å²) in [5, 5.41) is 2.55. The number of imide groups is 1. The standard InChI is InChI=1S/C30H23BrClNO4S/c1-2-36-26-15-21(14-25(31)28(26)37-18-19-8-11-24(32)12-9-19)16-27-29(34)33(30(35)38-27)17-20-7-10-22-5-3-4-6-23(22)13-20/h3-16H,2,17-18H2,1H3/b27-16-. The summed E-state index contributed by atoms with van der Waals surface area (Å²) in [7, 11) is 0. The summed E-state index contributed by atoms with van der Waals surface area (Å²) >= 11 is 10.5. The van der Waals surface area contributed by atoms with E-state index in [2.05, 4.69) is 15.9 Å². The van der Waals surface area contributed by atoms with Crippen LogP contribution in [0.3, 0.4) is 0 Å². The molecule has 1 aliphatic heterocycles. The van der Waals surface area contributed by atoms with Crippen LogP contribution in [-0.2, 0) is 17.9 Å². The molecule has 0 aromatic heterocycles. The van der Waals surface area contributed by atoms with Crippen molar-refractivity contribution in [3.05, 3.63) is 110 Å². The Morgan fingerprint density at radius 3 is 2.42 bits per heavy atom. The number of halogens is 2. The quantitative estimate of drug-likeness (QED) is 0.188. The van der Waals surface area contributed by atoms with Crippen LogP contribution in [0.15, 0.2) is 88.2 Å². The largest absolute Gasteiger partial charge is 0.490 e. The fourth-order valence-corrected chi connectivity index (χ4v) is 5.66. The SMILES string of the molecule is CCOc1cc(/C=C2\SC(=O)N(Cc3ccc4ccccc4c3)C2=O)cc(Br)c1OCc1ccc(Cl)cc1. The van der Waals surface area contributed by atoms with Gasteiger partial charge in [0.05, 0.1) is 22.5 Å². The van der Waals surface area contributed by atoms with Crippen molar-refractivity contribution >= 4 is 67.3 Å². The number of fused-ring (bicyclic) bond motifs is 1. The average molecular weight is 609 g/mol. The molecule has 5 nitrogen and oxygen atoms in total. The summed E-state index contributed by atoms with van der Waals surface area (Å²) in [5.41, 5.74) is 2.58. The zero-order valence-corrected chi connectivity index (χ0v) is 23.6. The lowest BCUT2D eigenvalue weighted by atomic mass is 10.1. The summed E-state index contributed by atoms with van der Waals surface area (Å²) in [4.78, 5) is 27.6. The molecule has 2 amide bonds. The van der Waals surface area contributed by atoms with Gasteiger partial charge in [-0.05, 0) is 98.5 Å². The third-order valence-electron chi connectivity index (χ3n) is 5.95. The lowest BCUT2D eigenvalue weighted by Gasteiger charge is -2.15. The van der Waals surface area contributed by atoms with E-state index in [1.165, 1.54) is 4.90 Å². The Hall–Kier alpha value is -3.26. The average Bonchev–Trinajstić information content (AvgIpc) is 3.16. The van der Waals surface area contributed by atoms with E-state index < -0.39 is 0 Å². The lowest BCUT2D eigenvalue weighted by molar-refractivity contribution is -0.123. The maximum Gasteiger partial charge on any atom is 0.293 e. The van der Waals surface area contributed by atoms with Crippen molar-refractivity contribution in [2.24, 2.45) is 0 Å². The zero-order valence-electron chi connectivity index (χ0n) is 20.4. The van der Waals surface area contributed by atoms with Crippen molar-refractivity contribution < 1.29 is 19.1 Å². The van der Waals surface area contributed by atoms with E-state index >= 15 is 0 Å². The van der Waals surface area contributed by atoms with Crippen molar-refractivity contribution in [1.82, 2.24) is 4.90 Å². The van der Waals surface area contributed by atoms with Crippen molar-refractivity contribution in [3.8, 4) is 11.5 Å². The van der Waals surface area contributed by atoms with Gasteiger partial charge in [0.25, 0.3) is 11.1 Å². The van der Waals surface area contributed by atoms with Gasteiger partial charge in [-0.1, -0.05) is 60.1 Å². The molecule has 0 N–H and O–H groups in total. The van der Waals surface area contributed by atoms with Crippen LogP contribution in [0.4, 0.5) is 4.79 Å². The molecular formula is C30H23BrClNO4S. The van der Waals surface area contributed by atoms with Crippen molar-refractivity contribution in [2.75, 3.05) is 6.61 Å². The molecule has 0 atom stereocenters. The smallest absolute Gasteiger partial charge is 0.293 e. The van der Waals surface area contributed by atoms with Gasteiger partial charge in [-0.2, -0.15) is 0 Å². The van der Waals surface area contributed by atoms with E-state index in [1.807, 2.05) is 85.8 Å². The van der Waals surface area contributed by atoms with Crippen molar-refractivity contribution in [3.63, 3.8) is 0 Å². The van der Waals surface area contributed by atoms with Crippen LogP contribution >= 0.6 is 39.3 Å². The van der Waals surface area contributed by atoms with Gasteiger partial charge in [0.1, 0.15) is 6.61 Å². The second-order valence-corrected chi connectivity index (χ2v) is 10.9. The Bertz CT molecular complexity index is 1550. The van der Waals surface area contributed by atoms with E-state index in [0.717, 1.165) is 39.2 Å². The maximum absolute atomic E-state index is 13.2. The molecule has 1 fully saturated rings. The zero-order chi connectivity index (χ0) is 26.6. The van der Waals surface area contributed by atoms with Crippen LogP contribution in [0.1, 0.15) is 23.6 Å². The third-order valence-corrected chi connectivity index (χ3v) is 7.70. The van der Waals surface area contributed by atoms with Gasteiger partial charge < -0.3 is 9.47 Å². The Labute approximate surface area is 238 Å². The topological polar surface area (TPSA) is 55.8 Å². The minimum atomic E-state index is -0.315. The first kappa shape index (κ1) is 26.4. The van der Waals surface area contributed by atoms with Crippen LogP contribution in [0.25, 0.3) is 16.8 Å². The predicted octanol–water partition coefficient (Wildman–Crippen LogP) is 8.47. The highest BCUT2D eigenvalue weighted by Crippen LogP contribution is 2.40. The molecule has 38 heavy (non-hydrogen) atoms. The highest BCUT2D eigenvalue weighted by atomic mass is 79.9. The Balaban J connectivity index is 1.35. The molecular weight excluding hydrogens is 586 g/mol. The molecule has 1 saturated heterocycles. The molecule has 1 aliphatic rings. The number of hydrogen-bond donors (Lipinski definition) is 0. The fraction of sp³-hybridized carbons (Fsp3) is 0.133. The molecule has 1 heterocycles. The fourth-order valence-electron chi connectivity index (χ4n) is 4.12. The molecule has 4 aromatic rings. The lowest BCUT2D eigenvalue weighted by Crippen LogP contribution is -2.27. The number of ether oxygens (including phenoxy) is 2. The first-order valence-electron chi connectivity index (χ1n) is 12.0. The molecule has 0 bridgehead atoms. The van der Waals surface area contributed by atoms with Crippen LogP contribution in [-0.4, -0.2) is 22.7 Å². The number of rotatable bonds is 8. The van der Waals surface area contributed by atoms with Crippen LogP contribution in [0.2, 0.25) is 5.02 Å². The summed E-state index contributed by atoms with van der Waals surface area (Å²) in [6.07, 6.45) is 1.71. The molecule has 8 heteroatoms. The second-order valence-electron chi connectivity index (χ2n) is 8.63. The molecule has 4 aromatic carbocycles. The summed E-state index contributed by atoms with van der Waals surface area (Å²) in [5.74, 6) is 0.783. The summed E-state index contributed by atoms with van der Waals surface area (Å²) in [6.45, 7) is 2.89. The molecule has 0 unspecified atom stereocenters. The first-order valence-corrected chi connectivity index (χ1v) is 14.0. The molecule has 0 aliphatic carbocycles. The number of carbonyl (C=O) groups excluding carboxylic acids is 2. The Morgan fingerprint density at radius 2 is 1.66 bits per heavy atom. The second kappa shape index (κ2) is 11.6. The third kappa shape index (κ3) is 5.90. The van der Waals surface area contributed by atoms with Crippen molar-refractivity contribution in [1.29, 1.82) is 0 Å². The van der Waals surface area contributed by atoms with Gasteiger partial charge in [-0.15, -0.1) is 0 Å². The first-order chi connectivity index (χ1) is 18.4. The molecule has 192 valence electrons. The van der Waals surface area contributed by atoms with Gasteiger partial charge in [0.15, 0.2) is 11.5 Å². The summed E-state index contributed by atoms with van der Waals surface area (Å²) < 4.78 is 12.6. The number of nitrogens with zero attached hydrogens (tertiary/aromatic N) is 1. The van der Waals surface area contributed by atoms with Gasteiger partial charge >= 0.3 is 0 Å². The van der Waals surface area contributed by atoms with Crippen LogP contribution in [0.5, 0.6) is 11.5 Å². The summed E-state index contributed by atoms with van der Waals surface area (Å²) in [6, 6.07) is 25.0. The van der Waals surface area contributed by atoms with E-state index in [-0.39, 0.29) is 17.7 Å². The number of thioether (sulfide) groups is 1. The minimum Gasteiger partial charge on any atom is -0.490 e. The number of benzene rings is 4. The van der Waals surface area contributed by atoms with Crippen LogP contribution < -0.4 is 9.47 Å². The number of hydrogen-bond acceptors (Lipinski definition) is 5. The highest BCUT2D eigenvalue weighted by Gasteiger charge is 2.35. The van der Waals surface area contributed by atoms with E-state index in [4.69, 9.17) is 21.1 Å². The molecule has 0 spiro atoms. The molecule has 5 rings (SSSR count). The normalized spacial score (nSPS) is 14.5. The Kier molecular flexibility index (Phi) is 8.07. The van der Waals surface area contributed by atoms with Crippen LogP contribution in [0, 0.1) is 0 Å². The van der Waals surface area contributed by atoms with E-state index in [1.54, 1.807) is 6.08 Å². The molecule has 0 radical (unpaired) electrons. The minimum absolute atomic E-state index is 0.220. The monoisotopic (exact) mass is 607 g/mol. The van der Waals surface area contributed by atoms with E-state index in [9.17, 15) is 9.59 Å².